The standard InChI is InChI=1S/C41H57N5/c1-6-9-10-11-15-32(14-7-2)26-34-16-12-17-35-27-33(20-22-38(34)35)31(5)45-37-21-19-30(4)40(28-37)46-41(8-3)44-25-23-39(42)36-18-13-24-43-29-36/h13,18-25,27-29,32,34,41,45-46H,5-12,14-17,26,42H2,1-4H3/b39-23-,44-25-. The Morgan fingerprint density at radius 3 is 2.67 bits per heavy atom. The Morgan fingerprint density at radius 1 is 1.04 bits per heavy atom. The molecule has 0 saturated heterocycles. The van der Waals surface area contributed by atoms with Gasteiger partial charge in [0.05, 0.1) is 0 Å². The van der Waals surface area contributed by atoms with Gasteiger partial charge in [0.2, 0.25) is 0 Å². The van der Waals surface area contributed by atoms with Crippen molar-refractivity contribution in [2.75, 3.05) is 10.6 Å². The molecular weight excluding hydrogens is 562 g/mol. The zero-order valence-electron chi connectivity index (χ0n) is 28.8. The first kappa shape index (κ1) is 35.0. The maximum Gasteiger partial charge on any atom is 0.118 e. The van der Waals surface area contributed by atoms with Gasteiger partial charge in [-0.1, -0.05) is 90.5 Å². The Balaban J connectivity index is 1.39. The second-order valence-corrected chi connectivity index (χ2v) is 13.1. The molecule has 0 radical (unpaired) electrons. The Morgan fingerprint density at radius 2 is 1.91 bits per heavy atom. The molecule has 1 aromatic heterocycles. The highest BCUT2D eigenvalue weighted by atomic mass is 15.1. The van der Waals surface area contributed by atoms with Gasteiger partial charge < -0.3 is 16.4 Å². The fraction of sp³-hybridized carbons (Fsp3) is 0.463. The number of rotatable bonds is 18. The van der Waals surface area contributed by atoms with Gasteiger partial charge in [0.1, 0.15) is 6.17 Å². The number of hydrogen-bond donors (Lipinski definition) is 3. The van der Waals surface area contributed by atoms with Crippen molar-refractivity contribution in [3.63, 3.8) is 0 Å². The van der Waals surface area contributed by atoms with Crippen molar-refractivity contribution in [2.45, 2.75) is 117 Å². The molecule has 0 amide bonds. The first-order valence-corrected chi connectivity index (χ1v) is 17.8. The number of unbranched alkanes of at least 4 members (excludes halogenated alkanes) is 3. The predicted molar refractivity (Wildman–Crippen MR) is 200 cm³/mol. The molecule has 0 fully saturated rings. The molecule has 0 bridgehead atoms. The molecule has 46 heavy (non-hydrogen) atoms. The number of fused-ring (bicyclic) bond motifs is 1. The van der Waals surface area contributed by atoms with E-state index in [1.807, 2.05) is 18.2 Å². The van der Waals surface area contributed by atoms with Crippen molar-refractivity contribution in [1.82, 2.24) is 4.98 Å². The van der Waals surface area contributed by atoms with Crippen LogP contribution in [0.15, 0.2) is 78.6 Å². The minimum atomic E-state index is -0.0723. The number of nitrogens with one attached hydrogen (secondary N) is 2. The summed E-state index contributed by atoms with van der Waals surface area (Å²) in [5, 5.41) is 7.19. The Bertz CT molecular complexity index is 1440. The average molecular weight is 620 g/mol. The average Bonchev–Trinajstić information content (AvgIpc) is 3.07. The lowest BCUT2D eigenvalue weighted by atomic mass is 9.76. The van der Waals surface area contributed by atoms with Crippen LogP contribution in [0.25, 0.3) is 11.4 Å². The molecule has 5 heteroatoms. The number of allylic oxidation sites excluding steroid dienone is 1. The molecule has 246 valence electrons. The molecule has 1 heterocycles. The molecular formula is C41H57N5. The maximum absolute atomic E-state index is 6.21. The van der Waals surface area contributed by atoms with Crippen molar-refractivity contribution in [3.8, 4) is 0 Å². The number of benzene rings is 2. The first-order valence-electron chi connectivity index (χ1n) is 17.8. The highest BCUT2D eigenvalue weighted by Gasteiger charge is 2.24. The molecule has 4 N–H and O–H groups in total. The summed E-state index contributed by atoms with van der Waals surface area (Å²) in [6, 6.07) is 17.3. The van der Waals surface area contributed by atoms with E-state index >= 15 is 0 Å². The number of pyridine rings is 1. The van der Waals surface area contributed by atoms with E-state index in [-0.39, 0.29) is 6.17 Å². The zero-order chi connectivity index (χ0) is 32.7. The van der Waals surface area contributed by atoms with Crippen molar-refractivity contribution in [1.29, 1.82) is 0 Å². The van der Waals surface area contributed by atoms with Crippen LogP contribution in [0.5, 0.6) is 0 Å². The largest absolute Gasteiger partial charge is 0.398 e. The van der Waals surface area contributed by atoms with E-state index in [1.165, 1.54) is 87.3 Å². The van der Waals surface area contributed by atoms with Gasteiger partial charge in [-0.15, -0.1) is 0 Å². The van der Waals surface area contributed by atoms with Gasteiger partial charge in [-0.05, 0) is 110 Å². The smallest absolute Gasteiger partial charge is 0.118 e. The van der Waals surface area contributed by atoms with E-state index in [0.717, 1.165) is 35.0 Å². The van der Waals surface area contributed by atoms with Gasteiger partial charge in [0, 0.05) is 46.9 Å². The van der Waals surface area contributed by atoms with Crippen LogP contribution in [0.3, 0.4) is 0 Å². The molecule has 2 aromatic carbocycles. The third-order valence-electron chi connectivity index (χ3n) is 9.47. The summed E-state index contributed by atoms with van der Waals surface area (Å²) in [6.45, 7) is 13.3. The number of nitrogens with two attached hydrogens (primary N) is 1. The number of aryl methyl sites for hydroxylation is 2. The van der Waals surface area contributed by atoms with Crippen LogP contribution < -0.4 is 16.4 Å². The van der Waals surface area contributed by atoms with Crippen molar-refractivity contribution in [3.05, 3.63) is 101 Å². The van der Waals surface area contributed by atoms with E-state index in [4.69, 9.17) is 10.7 Å². The Hall–Kier alpha value is -3.86. The topological polar surface area (TPSA) is 75.3 Å². The summed E-state index contributed by atoms with van der Waals surface area (Å²) in [6.07, 6.45) is 22.5. The fourth-order valence-electron chi connectivity index (χ4n) is 6.78. The van der Waals surface area contributed by atoms with Gasteiger partial charge in [-0.3, -0.25) is 9.98 Å². The number of aromatic nitrogens is 1. The molecule has 0 saturated carbocycles. The van der Waals surface area contributed by atoms with E-state index in [0.29, 0.717) is 11.6 Å². The molecule has 3 atom stereocenters. The Labute approximate surface area is 278 Å². The number of aliphatic imine (C=N–C) groups is 1. The van der Waals surface area contributed by atoms with Gasteiger partial charge >= 0.3 is 0 Å². The minimum Gasteiger partial charge on any atom is -0.398 e. The summed E-state index contributed by atoms with van der Waals surface area (Å²) in [7, 11) is 0. The lowest BCUT2D eigenvalue weighted by Crippen LogP contribution is -2.17. The van der Waals surface area contributed by atoms with E-state index in [1.54, 1.807) is 24.2 Å². The molecule has 1 aliphatic rings. The molecule has 4 rings (SSSR count). The highest BCUT2D eigenvalue weighted by molar-refractivity contribution is 5.83. The second kappa shape index (κ2) is 18.3. The van der Waals surface area contributed by atoms with Crippen LogP contribution in [0.4, 0.5) is 11.4 Å². The number of nitrogens with zero attached hydrogens (tertiary/aromatic N) is 2. The predicted octanol–water partition coefficient (Wildman–Crippen LogP) is 10.9. The lowest BCUT2D eigenvalue weighted by molar-refractivity contribution is 0.348. The van der Waals surface area contributed by atoms with Gasteiger partial charge in [-0.2, -0.15) is 0 Å². The summed E-state index contributed by atoms with van der Waals surface area (Å²) in [5.74, 6) is 1.56. The van der Waals surface area contributed by atoms with Crippen molar-refractivity contribution < 1.29 is 0 Å². The van der Waals surface area contributed by atoms with Crippen molar-refractivity contribution in [2.24, 2.45) is 16.6 Å². The van der Waals surface area contributed by atoms with E-state index in [9.17, 15) is 0 Å². The fourth-order valence-corrected chi connectivity index (χ4v) is 6.78. The maximum atomic E-state index is 6.21. The Kier molecular flexibility index (Phi) is 13.9. The summed E-state index contributed by atoms with van der Waals surface area (Å²) in [5.41, 5.74) is 16.2. The molecule has 3 aromatic rings. The molecule has 3 unspecified atom stereocenters. The van der Waals surface area contributed by atoms with Crippen LogP contribution in [0.1, 0.15) is 125 Å². The monoisotopic (exact) mass is 619 g/mol. The summed E-state index contributed by atoms with van der Waals surface area (Å²) >= 11 is 0. The van der Waals surface area contributed by atoms with Crippen LogP contribution in [-0.4, -0.2) is 17.4 Å². The van der Waals surface area contributed by atoms with Gasteiger partial charge in [-0.25, -0.2) is 0 Å². The number of hydrogen-bond acceptors (Lipinski definition) is 5. The first-order chi connectivity index (χ1) is 22.4. The highest BCUT2D eigenvalue weighted by Crippen LogP contribution is 2.39. The lowest BCUT2D eigenvalue weighted by Gasteiger charge is -2.30. The molecule has 1 aliphatic carbocycles. The summed E-state index contributed by atoms with van der Waals surface area (Å²) < 4.78 is 0. The van der Waals surface area contributed by atoms with Crippen LogP contribution >= 0.6 is 0 Å². The third-order valence-corrected chi connectivity index (χ3v) is 9.47. The van der Waals surface area contributed by atoms with Gasteiger partial charge in [0.15, 0.2) is 0 Å². The quantitative estimate of drug-likeness (QED) is 0.0978. The van der Waals surface area contributed by atoms with Crippen LogP contribution in [0, 0.1) is 12.8 Å². The van der Waals surface area contributed by atoms with Crippen LogP contribution in [0.2, 0.25) is 0 Å². The van der Waals surface area contributed by atoms with E-state index in [2.05, 4.69) is 86.3 Å². The molecule has 0 aliphatic heterocycles. The molecule has 0 spiro atoms. The minimum absolute atomic E-state index is 0.0723. The normalized spacial score (nSPS) is 16.2. The summed E-state index contributed by atoms with van der Waals surface area (Å²) in [4.78, 5) is 8.87. The second-order valence-electron chi connectivity index (χ2n) is 13.1. The third kappa shape index (κ3) is 10.3. The molecule has 5 nitrogen and oxygen atoms in total. The van der Waals surface area contributed by atoms with Gasteiger partial charge in [0.25, 0.3) is 0 Å². The zero-order valence-corrected chi connectivity index (χ0v) is 28.8. The van der Waals surface area contributed by atoms with Crippen LogP contribution in [-0.2, 0) is 6.42 Å². The van der Waals surface area contributed by atoms with E-state index < -0.39 is 0 Å². The van der Waals surface area contributed by atoms with Crippen molar-refractivity contribution >= 4 is 29.0 Å². The SMILES string of the molecule is C=C(Nc1ccc(C)c(NC(CC)/N=C\C=C(/N)c2cccnc2)c1)c1ccc2c(c1)CCCC2CC(CCC)CCCCCC. The number of anilines is 2.